The first kappa shape index (κ1) is 20.7. The zero-order valence-corrected chi connectivity index (χ0v) is 18.2. The third-order valence-electron chi connectivity index (χ3n) is 5.68. The molecular formula is C25H26N2O4. The number of carbonyl (C=O) groups excluding carboxylic acids is 2. The third kappa shape index (κ3) is 3.93. The molecule has 4 rings (SSSR count). The zero-order valence-electron chi connectivity index (χ0n) is 18.2. The predicted octanol–water partition coefficient (Wildman–Crippen LogP) is 4.31. The monoisotopic (exact) mass is 418 g/mol. The van der Waals surface area contributed by atoms with Gasteiger partial charge in [0, 0.05) is 0 Å². The molecule has 0 aromatic heterocycles. The fourth-order valence-electron chi connectivity index (χ4n) is 4.03. The fraction of sp³-hybridized carbons (Fsp3) is 0.280. The van der Waals surface area contributed by atoms with E-state index in [0.717, 1.165) is 39.0 Å². The first-order chi connectivity index (χ1) is 14.8. The molecule has 1 fully saturated rings. The van der Waals surface area contributed by atoms with Crippen LogP contribution in [0.15, 0.2) is 54.6 Å². The Morgan fingerprint density at radius 1 is 0.903 bits per heavy atom. The van der Waals surface area contributed by atoms with E-state index in [0.29, 0.717) is 0 Å². The van der Waals surface area contributed by atoms with E-state index in [2.05, 4.69) is 11.4 Å². The highest BCUT2D eigenvalue weighted by atomic mass is 16.5. The number of urea groups is 1. The van der Waals surface area contributed by atoms with Crippen LogP contribution in [0.4, 0.5) is 4.79 Å². The van der Waals surface area contributed by atoms with E-state index in [1.54, 1.807) is 14.0 Å². The number of nitrogens with zero attached hydrogens (tertiary/aromatic N) is 1. The summed E-state index contributed by atoms with van der Waals surface area (Å²) in [6, 6.07) is 17.0. The van der Waals surface area contributed by atoms with Gasteiger partial charge in [0.1, 0.15) is 23.6 Å². The van der Waals surface area contributed by atoms with Gasteiger partial charge in [0.05, 0.1) is 13.7 Å². The second-order valence-corrected chi connectivity index (χ2v) is 8.11. The molecule has 0 unspecified atom stereocenters. The van der Waals surface area contributed by atoms with Crippen molar-refractivity contribution in [2.24, 2.45) is 0 Å². The predicted molar refractivity (Wildman–Crippen MR) is 120 cm³/mol. The average molecular weight is 418 g/mol. The van der Waals surface area contributed by atoms with Gasteiger partial charge in [-0.1, -0.05) is 24.3 Å². The Kier molecular flexibility index (Phi) is 5.31. The number of ether oxygens (including phenoxy) is 2. The summed E-state index contributed by atoms with van der Waals surface area (Å²) in [7, 11) is 1.63. The number of benzene rings is 3. The Balaban J connectivity index is 1.50. The molecule has 0 saturated carbocycles. The third-order valence-corrected chi connectivity index (χ3v) is 5.68. The van der Waals surface area contributed by atoms with Crippen LogP contribution in [0.25, 0.3) is 10.8 Å². The topological polar surface area (TPSA) is 67.9 Å². The summed E-state index contributed by atoms with van der Waals surface area (Å²) >= 11 is 0. The van der Waals surface area contributed by atoms with Crippen molar-refractivity contribution in [3.8, 4) is 11.5 Å². The largest absolute Gasteiger partial charge is 0.497 e. The number of amides is 3. The lowest BCUT2D eigenvalue weighted by atomic mass is 9.90. The molecule has 160 valence electrons. The van der Waals surface area contributed by atoms with Crippen molar-refractivity contribution < 1.29 is 19.1 Å². The molecule has 31 heavy (non-hydrogen) atoms. The van der Waals surface area contributed by atoms with Crippen LogP contribution in [-0.4, -0.2) is 37.1 Å². The minimum Gasteiger partial charge on any atom is -0.497 e. The lowest BCUT2D eigenvalue weighted by Gasteiger charge is -2.23. The van der Waals surface area contributed by atoms with Crippen molar-refractivity contribution >= 4 is 22.7 Å². The lowest BCUT2D eigenvalue weighted by molar-refractivity contribution is -0.131. The second-order valence-electron chi connectivity index (χ2n) is 8.11. The summed E-state index contributed by atoms with van der Waals surface area (Å²) in [5.74, 6) is 1.22. The number of hydrogen-bond acceptors (Lipinski definition) is 4. The molecule has 0 aliphatic carbocycles. The summed E-state index contributed by atoms with van der Waals surface area (Å²) in [5, 5.41) is 4.83. The maximum Gasteiger partial charge on any atom is 0.325 e. The summed E-state index contributed by atoms with van der Waals surface area (Å²) in [6.45, 7) is 6.15. The minimum absolute atomic E-state index is 0.179. The number of aryl methyl sites for hydroxylation is 2. The highest BCUT2D eigenvalue weighted by molar-refractivity contribution is 6.07. The molecule has 6 heteroatoms. The summed E-state index contributed by atoms with van der Waals surface area (Å²) < 4.78 is 11.1. The van der Waals surface area contributed by atoms with Gasteiger partial charge in [-0.3, -0.25) is 9.69 Å². The smallest absolute Gasteiger partial charge is 0.325 e. The Hall–Kier alpha value is -3.54. The van der Waals surface area contributed by atoms with Gasteiger partial charge in [-0.25, -0.2) is 4.79 Å². The molecule has 6 nitrogen and oxygen atoms in total. The SMILES string of the molecule is COc1ccc2cc([C@@]3(C)NC(=O)N(CCOc4cc(C)cc(C)c4)C3=O)ccc2c1. The van der Waals surface area contributed by atoms with Gasteiger partial charge in [0.15, 0.2) is 0 Å². The maximum atomic E-state index is 13.2. The van der Waals surface area contributed by atoms with Crippen LogP contribution in [0.5, 0.6) is 11.5 Å². The van der Waals surface area contributed by atoms with E-state index in [1.165, 1.54) is 4.90 Å². The molecule has 1 N–H and O–H groups in total. The Bertz CT molecular complexity index is 1150. The number of nitrogens with one attached hydrogen (secondary N) is 1. The fourth-order valence-corrected chi connectivity index (χ4v) is 4.03. The molecule has 1 heterocycles. The zero-order chi connectivity index (χ0) is 22.2. The summed E-state index contributed by atoms with van der Waals surface area (Å²) in [6.07, 6.45) is 0. The normalized spacial score (nSPS) is 18.4. The number of rotatable bonds is 6. The molecule has 1 aliphatic heterocycles. The summed E-state index contributed by atoms with van der Waals surface area (Å²) in [4.78, 5) is 27.0. The first-order valence-corrected chi connectivity index (χ1v) is 10.2. The number of methoxy groups -OCH3 is 1. The number of carbonyl (C=O) groups is 2. The highest BCUT2D eigenvalue weighted by Gasteiger charge is 2.48. The van der Waals surface area contributed by atoms with Crippen molar-refractivity contribution in [2.45, 2.75) is 26.3 Å². The van der Waals surface area contributed by atoms with Crippen LogP contribution in [0, 0.1) is 13.8 Å². The van der Waals surface area contributed by atoms with Gasteiger partial charge in [-0.2, -0.15) is 0 Å². The minimum atomic E-state index is -1.12. The molecule has 0 spiro atoms. The molecule has 1 aliphatic rings. The van der Waals surface area contributed by atoms with Crippen molar-refractivity contribution in [2.75, 3.05) is 20.3 Å². The molecule has 3 aromatic carbocycles. The molecule has 0 bridgehead atoms. The van der Waals surface area contributed by atoms with Crippen LogP contribution >= 0.6 is 0 Å². The van der Waals surface area contributed by atoms with Crippen molar-refractivity contribution in [3.63, 3.8) is 0 Å². The summed E-state index contributed by atoms with van der Waals surface area (Å²) in [5.41, 5.74) is 1.82. The van der Waals surface area contributed by atoms with E-state index >= 15 is 0 Å². The lowest BCUT2D eigenvalue weighted by Crippen LogP contribution is -2.41. The van der Waals surface area contributed by atoms with Gasteiger partial charge in [-0.15, -0.1) is 0 Å². The van der Waals surface area contributed by atoms with Crippen molar-refractivity contribution in [3.05, 3.63) is 71.3 Å². The molecule has 3 amide bonds. The standard InChI is InChI=1S/C25H26N2O4/c1-16-11-17(2)13-22(12-16)31-10-9-27-23(28)25(3,26-24(27)29)20-7-5-19-15-21(30-4)8-6-18(19)14-20/h5-8,11-15H,9-10H2,1-4H3,(H,26,29)/t25-/m1/s1. The molecular weight excluding hydrogens is 392 g/mol. The number of fused-ring (bicyclic) bond motifs is 1. The van der Waals surface area contributed by atoms with Gasteiger partial charge >= 0.3 is 6.03 Å². The quantitative estimate of drug-likeness (QED) is 0.606. The van der Waals surface area contributed by atoms with E-state index in [9.17, 15) is 9.59 Å². The Labute approximate surface area is 181 Å². The first-order valence-electron chi connectivity index (χ1n) is 10.2. The highest BCUT2D eigenvalue weighted by Crippen LogP contribution is 2.32. The Morgan fingerprint density at radius 2 is 1.58 bits per heavy atom. The molecule has 1 saturated heterocycles. The Morgan fingerprint density at radius 3 is 2.29 bits per heavy atom. The second kappa shape index (κ2) is 7.95. The maximum absolute atomic E-state index is 13.2. The average Bonchev–Trinajstić information content (AvgIpc) is 2.96. The molecule has 3 aromatic rings. The van der Waals surface area contributed by atoms with E-state index in [-0.39, 0.29) is 19.1 Å². The van der Waals surface area contributed by atoms with Crippen molar-refractivity contribution in [1.82, 2.24) is 10.2 Å². The van der Waals surface area contributed by atoms with Gasteiger partial charge in [-0.05, 0) is 78.6 Å². The van der Waals surface area contributed by atoms with Crippen LogP contribution in [0.3, 0.4) is 0 Å². The van der Waals surface area contributed by atoms with Crippen LogP contribution in [0.2, 0.25) is 0 Å². The van der Waals surface area contributed by atoms with Gasteiger partial charge in [0.2, 0.25) is 0 Å². The van der Waals surface area contributed by atoms with Gasteiger partial charge in [0.25, 0.3) is 5.91 Å². The van der Waals surface area contributed by atoms with Crippen LogP contribution in [-0.2, 0) is 10.3 Å². The number of hydrogen-bond donors (Lipinski definition) is 1. The van der Waals surface area contributed by atoms with Crippen molar-refractivity contribution in [1.29, 1.82) is 0 Å². The van der Waals surface area contributed by atoms with Gasteiger partial charge < -0.3 is 14.8 Å². The van der Waals surface area contributed by atoms with E-state index < -0.39 is 11.6 Å². The molecule has 1 atom stereocenters. The number of imide groups is 1. The van der Waals surface area contributed by atoms with E-state index in [1.807, 2.05) is 62.4 Å². The molecule has 0 radical (unpaired) electrons. The van der Waals surface area contributed by atoms with Crippen LogP contribution < -0.4 is 14.8 Å². The van der Waals surface area contributed by atoms with E-state index in [4.69, 9.17) is 9.47 Å². The van der Waals surface area contributed by atoms with Crippen LogP contribution in [0.1, 0.15) is 23.6 Å².